The average molecular weight is 692 g/mol. The van der Waals surface area contributed by atoms with E-state index >= 15 is 0 Å². The van der Waals surface area contributed by atoms with Gasteiger partial charge in [-0.05, 0) is 30.8 Å². The molecule has 8 heteroatoms. The normalized spacial score (nSPS) is 22.9. The molecule has 0 aromatic heterocycles. The fourth-order valence-corrected chi connectivity index (χ4v) is 17.0. The predicted molar refractivity (Wildman–Crippen MR) is 203 cm³/mol. The van der Waals surface area contributed by atoms with Crippen molar-refractivity contribution in [3.05, 3.63) is 133 Å². The van der Waals surface area contributed by atoms with Gasteiger partial charge in [0.15, 0.2) is 6.10 Å². The van der Waals surface area contributed by atoms with Crippen molar-refractivity contribution in [2.75, 3.05) is 6.61 Å². The van der Waals surface area contributed by atoms with Gasteiger partial charge >= 0.3 is 0 Å². The summed E-state index contributed by atoms with van der Waals surface area (Å²) in [5.74, 6) is 0. The second-order valence-electron chi connectivity index (χ2n) is 15.4. The molecule has 256 valence electrons. The first kappa shape index (κ1) is 35.2. The quantitative estimate of drug-likeness (QED) is 0.184. The molecule has 0 saturated carbocycles. The minimum atomic E-state index is -3.01. The summed E-state index contributed by atoms with van der Waals surface area (Å²) < 4.78 is 14.5. The van der Waals surface area contributed by atoms with E-state index < -0.39 is 40.5 Å². The van der Waals surface area contributed by atoms with Crippen LogP contribution in [-0.4, -0.2) is 63.1 Å². The van der Waals surface area contributed by atoms with Crippen LogP contribution < -0.4 is 20.7 Å². The van der Waals surface area contributed by atoms with E-state index in [4.69, 9.17) is 13.7 Å². The molecule has 0 bridgehead atoms. The van der Waals surface area contributed by atoms with E-state index in [2.05, 4.69) is 119 Å². The monoisotopic (exact) mass is 691 g/mol. The summed E-state index contributed by atoms with van der Waals surface area (Å²) in [6.07, 6.45) is 0.807. The van der Waals surface area contributed by atoms with Gasteiger partial charge in [-0.25, -0.2) is 0 Å². The predicted octanol–water partition coefficient (Wildman–Crippen LogP) is 5.31. The van der Waals surface area contributed by atoms with Crippen molar-refractivity contribution in [2.24, 2.45) is 5.16 Å². The first-order valence-electron chi connectivity index (χ1n) is 17.2. The minimum absolute atomic E-state index is 0.0853. The molecule has 0 fully saturated rings. The average Bonchev–Trinajstić information content (AvgIpc) is 3.09. The molecule has 6 nitrogen and oxygen atoms in total. The van der Waals surface area contributed by atoms with Crippen LogP contribution in [0.1, 0.15) is 48.0 Å². The van der Waals surface area contributed by atoms with Crippen molar-refractivity contribution in [1.82, 2.24) is 0 Å². The highest BCUT2D eigenvalue weighted by Gasteiger charge is 2.59. The lowest BCUT2D eigenvalue weighted by Gasteiger charge is -2.50. The summed E-state index contributed by atoms with van der Waals surface area (Å²) in [7, 11) is -5.89. The zero-order valence-electron chi connectivity index (χ0n) is 29.4. The number of aliphatic hydroxyl groups excluding tert-OH is 1. The Kier molecular flexibility index (Phi) is 9.76. The van der Waals surface area contributed by atoms with Crippen LogP contribution in [0.4, 0.5) is 0 Å². The maximum atomic E-state index is 12.3. The van der Waals surface area contributed by atoms with Crippen molar-refractivity contribution >= 4 is 43.1 Å². The summed E-state index contributed by atoms with van der Waals surface area (Å²) in [6.45, 7) is 13.5. The Morgan fingerprint density at radius 3 is 1.49 bits per heavy atom. The van der Waals surface area contributed by atoms with Gasteiger partial charge < -0.3 is 23.9 Å². The highest BCUT2D eigenvalue weighted by Crippen LogP contribution is 2.42. The van der Waals surface area contributed by atoms with Crippen LogP contribution in [0.2, 0.25) is 10.1 Å². The van der Waals surface area contributed by atoms with Gasteiger partial charge in [0.2, 0.25) is 0 Å². The van der Waals surface area contributed by atoms with Crippen molar-refractivity contribution in [3.63, 3.8) is 0 Å². The lowest BCUT2D eigenvalue weighted by molar-refractivity contribution is -0.188. The van der Waals surface area contributed by atoms with Gasteiger partial charge in [-0.1, -0.05) is 180 Å². The molecule has 0 radical (unpaired) electrons. The van der Waals surface area contributed by atoms with Crippen LogP contribution in [0.25, 0.3) is 0 Å². The van der Waals surface area contributed by atoms with Crippen molar-refractivity contribution in [2.45, 2.75) is 82.0 Å². The van der Waals surface area contributed by atoms with Gasteiger partial charge in [-0.2, -0.15) is 0 Å². The van der Waals surface area contributed by atoms with Gasteiger partial charge in [0.25, 0.3) is 16.6 Å². The molecule has 2 N–H and O–H groups in total. The highest BCUT2D eigenvalue weighted by molar-refractivity contribution is 7.00. The van der Waals surface area contributed by atoms with Crippen molar-refractivity contribution < 1.29 is 23.9 Å². The number of oxime groups is 1. The first-order chi connectivity index (χ1) is 23.3. The summed E-state index contributed by atoms with van der Waals surface area (Å²) in [4.78, 5) is 6.23. The van der Waals surface area contributed by atoms with Gasteiger partial charge in [0, 0.05) is 6.42 Å². The van der Waals surface area contributed by atoms with E-state index in [1.807, 2.05) is 54.6 Å². The Balaban J connectivity index is 1.35. The molecular weight excluding hydrogens is 643 g/mol. The zero-order valence-corrected chi connectivity index (χ0v) is 31.4. The number of rotatable bonds is 9. The van der Waals surface area contributed by atoms with Crippen molar-refractivity contribution in [3.8, 4) is 0 Å². The maximum Gasteiger partial charge on any atom is 0.262 e. The molecule has 0 unspecified atom stereocenters. The van der Waals surface area contributed by atoms with Crippen molar-refractivity contribution in [1.29, 1.82) is 0 Å². The van der Waals surface area contributed by atoms with E-state index in [1.165, 1.54) is 0 Å². The Morgan fingerprint density at radius 1 is 0.673 bits per heavy atom. The number of nitrogens with zero attached hydrogens (tertiary/aromatic N) is 1. The molecule has 6 rings (SSSR count). The van der Waals surface area contributed by atoms with E-state index in [-0.39, 0.29) is 23.1 Å². The molecule has 1 heterocycles. The molecule has 4 aromatic carbocycles. The third-order valence-electron chi connectivity index (χ3n) is 10.2. The summed E-state index contributed by atoms with van der Waals surface area (Å²) in [6, 6.07) is 41.6. The van der Waals surface area contributed by atoms with Crippen LogP contribution in [0.5, 0.6) is 0 Å². The van der Waals surface area contributed by atoms with Crippen LogP contribution >= 0.6 is 0 Å². The molecule has 0 spiro atoms. The fraction of sp³-hybridized carbons (Fsp3) is 0.341. The number of hydrogen-bond acceptors (Lipinski definition) is 6. The Morgan fingerprint density at radius 2 is 1.08 bits per heavy atom. The van der Waals surface area contributed by atoms with Crippen LogP contribution in [0.15, 0.2) is 139 Å². The van der Waals surface area contributed by atoms with E-state index in [9.17, 15) is 10.2 Å². The zero-order chi connectivity index (χ0) is 34.9. The SMILES string of the molecule is CC(C)(C)[Si](OCC1=NO[C@H]2[C@H](O[Si](c3ccccc3)(c3ccccc3)C(C)(C)C)C=C[C@H](O)[C@@]2(O)C1)(c1ccccc1)c1ccccc1. The molecule has 4 atom stereocenters. The molecule has 1 aliphatic carbocycles. The number of fused-ring (bicyclic) bond motifs is 1. The Hall–Kier alpha value is -3.64. The summed E-state index contributed by atoms with van der Waals surface area (Å²) >= 11 is 0. The number of aliphatic hydroxyl groups is 2. The van der Waals surface area contributed by atoms with Crippen LogP contribution in [-0.2, 0) is 13.7 Å². The smallest absolute Gasteiger partial charge is 0.262 e. The molecule has 2 aliphatic rings. The largest absolute Gasteiger partial charge is 0.402 e. The topological polar surface area (TPSA) is 80.5 Å². The lowest BCUT2D eigenvalue weighted by atomic mass is 9.78. The van der Waals surface area contributed by atoms with Crippen LogP contribution in [0.3, 0.4) is 0 Å². The standard InChI is InChI=1S/C41H49NO5Si2/c1-39(2,3)48(32-19-11-7-12-20-32,33-21-13-8-14-22-33)45-30-31-29-41(44)37(43)28-27-36(38(41)46-42-31)47-49(40(4,5)6,34-23-15-9-16-24-34)35-25-17-10-18-26-35/h7-28,36-38,43-44H,29-30H2,1-6H3/t36-,37+,38+,41+/m1/s1. The van der Waals surface area contributed by atoms with Gasteiger partial charge in [-0.15, -0.1) is 0 Å². The molecule has 49 heavy (non-hydrogen) atoms. The second kappa shape index (κ2) is 13.6. The lowest BCUT2D eigenvalue weighted by Crippen LogP contribution is -2.71. The minimum Gasteiger partial charge on any atom is -0.402 e. The van der Waals surface area contributed by atoms with Gasteiger partial charge in [0.05, 0.1) is 12.3 Å². The third-order valence-corrected chi connectivity index (χ3v) is 20.2. The number of benzene rings is 4. The third kappa shape index (κ3) is 6.31. The Labute approximate surface area is 293 Å². The first-order valence-corrected chi connectivity index (χ1v) is 21.0. The molecule has 0 saturated heterocycles. The molecule has 4 aromatic rings. The summed E-state index contributed by atoms with van der Waals surface area (Å²) in [5, 5.41) is 32.3. The highest BCUT2D eigenvalue weighted by atomic mass is 28.4. The van der Waals surface area contributed by atoms with Crippen LogP contribution in [0, 0.1) is 0 Å². The molecule has 1 aliphatic heterocycles. The van der Waals surface area contributed by atoms with Gasteiger partial charge in [0.1, 0.15) is 17.8 Å². The van der Waals surface area contributed by atoms with E-state index in [0.717, 1.165) is 20.7 Å². The summed E-state index contributed by atoms with van der Waals surface area (Å²) in [5.41, 5.74) is -1.12. The molecular formula is C41H49NO5Si2. The molecule has 0 amide bonds. The van der Waals surface area contributed by atoms with Gasteiger partial charge in [-0.3, -0.25) is 0 Å². The fourth-order valence-electron chi connectivity index (χ4n) is 7.81. The number of hydrogen-bond donors (Lipinski definition) is 2. The van der Waals surface area contributed by atoms with E-state index in [1.54, 1.807) is 6.08 Å². The Bertz CT molecular complexity index is 1680. The second-order valence-corrected chi connectivity index (χ2v) is 23.9. The van der Waals surface area contributed by atoms with E-state index in [0.29, 0.717) is 5.71 Å². The maximum absolute atomic E-state index is 12.3.